The van der Waals surface area contributed by atoms with E-state index in [-0.39, 0.29) is 16.3 Å². The van der Waals surface area contributed by atoms with Gasteiger partial charge in [0.15, 0.2) is 0 Å². The fraction of sp³-hybridized carbons (Fsp3) is 0.500. The van der Waals surface area contributed by atoms with Crippen molar-refractivity contribution in [3.8, 4) is 0 Å². The zero-order chi connectivity index (χ0) is 21.2. The van der Waals surface area contributed by atoms with E-state index in [9.17, 15) is 24.4 Å². The number of allylic oxidation sites excluding steroid dienone is 1. The van der Waals surface area contributed by atoms with Gasteiger partial charge in [-0.1, -0.05) is 50.7 Å². The summed E-state index contributed by atoms with van der Waals surface area (Å²) in [7, 11) is 0. The van der Waals surface area contributed by atoms with Crippen molar-refractivity contribution in [3.63, 3.8) is 0 Å². The van der Waals surface area contributed by atoms with E-state index in [0.29, 0.717) is 0 Å². The molecule has 3 atom stereocenters. The van der Waals surface area contributed by atoms with Crippen molar-refractivity contribution in [1.82, 2.24) is 10.2 Å². The van der Waals surface area contributed by atoms with Gasteiger partial charge in [0.05, 0.1) is 5.33 Å². The summed E-state index contributed by atoms with van der Waals surface area (Å²) < 4.78 is 3.11. The van der Waals surface area contributed by atoms with Crippen LogP contribution in [0.1, 0.15) is 6.92 Å². The fourth-order valence-corrected chi connectivity index (χ4v) is 4.20. The Kier molecular flexibility index (Phi) is 7.65. The minimum absolute atomic E-state index is 0.0337. The van der Waals surface area contributed by atoms with Gasteiger partial charge in [-0.15, -0.1) is 16.7 Å². The number of fused-ring (bicyclic) bond motifs is 1. The smallest absolute Gasteiger partial charge is 0.354 e. The highest BCUT2D eigenvalue weighted by atomic mass is 79.9. The van der Waals surface area contributed by atoms with Crippen molar-refractivity contribution in [2.45, 2.75) is 27.4 Å². The van der Waals surface area contributed by atoms with Crippen molar-refractivity contribution in [2.75, 3.05) is 11.9 Å². The van der Waals surface area contributed by atoms with Crippen LogP contribution >= 0.6 is 62.5 Å². The standard InChI is InChI=1S/C14H13BrCl3N3O6S/c1-5-2-6(13(25)27-4-14(16,17)18)21-11(24)9(12(21)28-5)19-10(23)8(20-26)7(22)3-15/h2,5,9,12,22H,3-4H2,1H3,(H,19,23)/t5?,9?,12-/m0/s1. The first-order valence-corrected chi connectivity index (χ1v) is 10.8. The lowest BCUT2D eigenvalue weighted by molar-refractivity contribution is -0.152. The topological polar surface area (TPSA) is 125 Å². The Labute approximate surface area is 186 Å². The summed E-state index contributed by atoms with van der Waals surface area (Å²) in [6.07, 6.45) is 1.52. The third kappa shape index (κ3) is 5.12. The van der Waals surface area contributed by atoms with Crippen LogP contribution in [0.3, 0.4) is 0 Å². The number of amides is 2. The van der Waals surface area contributed by atoms with Gasteiger partial charge in [-0.3, -0.25) is 14.5 Å². The maximum Gasteiger partial charge on any atom is 0.354 e. The van der Waals surface area contributed by atoms with E-state index in [4.69, 9.17) is 39.5 Å². The number of carbonyl (C=O) groups is 3. The molecule has 1 fully saturated rings. The van der Waals surface area contributed by atoms with Gasteiger partial charge < -0.3 is 15.2 Å². The van der Waals surface area contributed by atoms with E-state index < -0.39 is 51.1 Å². The molecular formula is C14H13BrCl3N3O6S. The fourth-order valence-electron chi connectivity index (χ4n) is 2.44. The van der Waals surface area contributed by atoms with E-state index in [1.807, 2.05) is 0 Å². The molecule has 9 nitrogen and oxygen atoms in total. The molecule has 0 saturated carbocycles. The number of ether oxygens (including phenoxy) is 1. The van der Waals surface area contributed by atoms with Gasteiger partial charge in [-0.05, 0) is 18.2 Å². The summed E-state index contributed by atoms with van der Waals surface area (Å²) >= 11 is 20.9. The van der Waals surface area contributed by atoms with Crippen LogP contribution in [-0.4, -0.2) is 60.2 Å². The third-order valence-corrected chi connectivity index (χ3v) is 5.80. The van der Waals surface area contributed by atoms with E-state index in [0.717, 1.165) is 4.90 Å². The molecule has 1 saturated heterocycles. The number of nitrogens with zero attached hydrogens (tertiary/aromatic N) is 2. The molecule has 2 rings (SSSR count). The lowest BCUT2D eigenvalue weighted by atomic mass is 10.0. The number of thioether (sulfide) groups is 1. The number of β-lactam (4-membered cyclic amide) rings is 1. The number of aliphatic hydroxyl groups is 1. The van der Waals surface area contributed by atoms with Crippen molar-refractivity contribution < 1.29 is 24.2 Å². The Morgan fingerprint density at radius 3 is 2.64 bits per heavy atom. The Morgan fingerprint density at radius 2 is 2.11 bits per heavy atom. The molecular weight excluding hydrogens is 524 g/mol. The summed E-state index contributed by atoms with van der Waals surface area (Å²) in [6, 6.07) is -1.02. The SMILES string of the molecule is CC1C=C(C(=O)OCC(Cl)(Cl)Cl)N2C(=O)C(NC(=O)C(N=O)=C(O)CBr)[C@@H]2S1. The molecule has 28 heavy (non-hydrogen) atoms. The number of nitrogens with one attached hydrogen (secondary N) is 1. The monoisotopic (exact) mass is 535 g/mol. The van der Waals surface area contributed by atoms with Gasteiger partial charge in [0.2, 0.25) is 9.49 Å². The van der Waals surface area contributed by atoms with Gasteiger partial charge >= 0.3 is 5.97 Å². The molecule has 2 amide bonds. The summed E-state index contributed by atoms with van der Waals surface area (Å²) in [5.41, 5.74) is -0.775. The molecule has 2 unspecified atom stereocenters. The summed E-state index contributed by atoms with van der Waals surface area (Å²) in [4.78, 5) is 48.8. The Morgan fingerprint density at radius 1 is 1.46 bits per heavy atom. The van der Waals surface area contributed by atoms with Crippen molar-refractivity contribution in [1.29, 1.82) is 0 Å². The van der Waals surface area contributed by atoms with Crippen molar-refractivity contribution in [2.24, 2.45) is 5.18 Å². The molecule has 0 aromatic heterocycles. The maximum atomic E-state index is 12.5. The average Bonchev–Trinajstić information content (AvgIpc) is 2.63. The molecule has 0 spiro atoms. The molecule has 0 aromatic rings. The first kappa shape index (κ1) is 23.3. The first-order valence-electron chi connectivity index (χ1n) is 7.56. The highest BCUT2D eigenvalue weighted by molar-refractivity contribution is 9.09. The number of halogens is 4. The predicted molar refractivity (Wildman–Crippen MR) is 108 cm³/mol. The van der Waals surface area contributed by atoms with E-state index in [1.165, 1.54) is 17.8 Å². The zero-order valence-electron chi connectivity index (χ0n) is 14.0. The second-order valence-corrected chi connectivity index (χ2v) is 10.2. The lowest BCUT2D eigenvalue weighted by Crippen LogP contribution is -2.70. The number of alkyl halides is 4. The number of hydrogen-bond acceptors (Lipinski definition) is 8. The number of nitroso groups, excluding NO2 is 1. The van der Waals surface area contributed by atoms with E-state index in [1.54, 1.807) is 6.92 Å². The molecule has 2 heterocycles. The zero-order valence-corrected chi connectivity index (χ0v) is 18.7. The number of esters is 1. The normalized spacial score (nSPS) is 25.0. The van der Waals surface area contributed by atoms with Crippen molar-refractivity contribution in [3.05, 3.63) is 28.1 Å². The van der Waals surface area contributed by atoms with Gasteiger partial charge in [0, 0.05) is 5.25 Å². The molecule has 2 aliphatic heterocycles. The van der Waals surface area contributed by atoms with Gasteiger partial charge in [0.1, 0.15) is 29.5 Å². The maximum absolute atomic E-state index is 12.5. The minimum Gasteiger partial charge on any atom is -0.509 e. The van der Waals surface area contributed by atoms with Crippen LogP contribution in [0, 0.1) is 4.91 Å². The molecule has 2 N–H and O–H groups in total. The second-order valence-electron chi connectivity index (χ2n) is 5.65. The summed E-state index contributed by atoms with van der Waals surface area (Å²) in [5.74, 6) is -3.03. The summed E-state index contributed by atoms with van der Waals surface area (Å²) in [5, 5.41) is 13.4. The van der Waals surface area contributed by atoms with E-state index in [2.05, 4.69) is 26.4 Å². The molecule has 0 aromatic carbocycles. The van der Waals surface area contributed by atoms with E-state index >= 15 is 0 Å². The highest BCUT2D eigenvalue weighted by Gasteiger charge is 2.54. The van der Waals surface area contributed by atoms with Crippen molar-refractivity contribution >= 4 is 80.3 Å². The first-order chi connectivity index (χ1) is 13.0. The quantitative estimate of drug-likeness (QED) is 0.133. The number of hydrogen-bond donors (Lipinski definition) is 2. The van der Waals surface area contributed by atoms with Gasteiger partial charge in [-0.25, -0.2) is 4.79 Å². The number of carbonyl (C=O) groups excluding carboxylic acids is 3. The third-order valence-electron chi connectivity index (χ3n) is 3.62. The molecule has 0 radical (unpaired) electrons. The molecule has 0 aliphatic carbocycles. The van der Waals surface area contributed by atoms with Crippen LogP contribution < -0.4 is 5.32 Å². The Hall–Kier alpha value is -1.01. The number of rotatable bonds is 6. The predicted octanol–water partition coefficient (Wildman–Crippen LogP) is 2.50. The lowest BCUT2D eigenvalue weighted by Gasteiger charge is -2.49. The Balaban J connectivity index is 2.13. The molecule has 2 aliphatic rings. The molecule has 0 bridgehead atoms. The van der Waals surface area contributed by atoms with Crippen LogP contribution in [0.5, 0.6) is 0 Å². The van der Waals surface area contributed by atoms with Crippen LogP contribution in [-0.2, 0) is 19.1 Å². The molecule has 14 heteroatoms. The molecule has 154 valence electrons. The number of aliphatic hydroxyl groups excluding tert-OH is 1. The van der Waals surface area contributed by atoms with Gasteiger partial charge in [-0.2, -0.15) is 0 Å². The highest BCUT2D eigenvalue weighted by Crippen LogP contribution is 2.41. The minimum atomic E-state index is -1.80. The largest absolute Gasteiger partial charge is 0.509 e. The van der Waals surface area contributed by atoms with Crippen LogP contribution in [0.25, 0.3) is 0 Å². The van der Waals surface area contributed by atoms with Crippen LogP contribution in [0.15, 0.2) is 28.4 Å². The summed E-state index contributed by atoms with van der Waals surface area (Å²) in [6.45, 7) is 1.27. The van der Waals surface area contributed by atoms with Crippen LogP contribution in [0.2, 0.25) is 0 Å². The van der Waals surface area contributed by atoms with Gasteiger partial charge in [0.25, 0.3) is 11.8 Å². The Bertz CT molecular complexity index is 772. The van der Waals surface area contributed by atoms with Crippen LogP contribution in [0.4, 0.5) is 0 Å². The average molecular weight is 538 g/mol. The second kappa shape index (κ2) is 9.21.